The van der Waals surface area contributed by atoms with Crippen molar-refractivity contribution in [1.82, 2.24) is 19.9 Å². The fourth-order valence-corrected chi connectivity index (χ4v) is 1.89. The number of hydrogen-bond acceptors (Lipinski definition) is 5. The van der Waals surface area contributed by atoms with Gasteiger partial charge in [-0.3, -0.25) is 0 Å². The third-order valence-corrected chi connectivity index (χ3v) is 2.72. The lowest BCUT2D eigenvalue weighted by Gasteiger charge is -2.23. The minimum absolute atomic E-state index is 0.0996. The maximum atomic E-state index is 5.70. The van der Waals surface area contributed by atoms with Crippen LogP contribution in [0, 0.1) is 0 Å². The molecule has 7 heteroatoms. The smallest absolute Gasteiger partial charge is 0.228 e. The van der Waals surface area contributed by atoms with Crippen molar-refractivity contribution in [2.75, 3.05) is 25.0 Å². The predicted molar refractivity (Wildman–Crippen MR) is 70.7 cm³/mol. The SMILES string of the molecule is CCN(CC)CC(C)Nc1nc(Cl)nc(Cl)n1. The lowest BCUT2D eigenvalue weighted by molar-refractivity contribution is 0.294. The molecule has 1 aromatic rings. The van der Waals surface area contributed by atoms with Gasteiger partial charge in [-0.15, -0.1) is 0 Å². The van der Waals surface area contributed by atoms with Crippen molar-refractivity contribution in [2.45, 2.75) is 26.8 Å². The van der Waals surface area contributed by atoms with Gasteiger partial charge in [-0.2, -0.15) is 15.0 Å². The number of halogens is 2. The van der Waals surface area contributed by atoms with Crippen molar-refractivity contribution in [1.29, 1.82) is 0 Å². The second-order valence-corrected chi connectivity index (χ2v) is 4.40. The summed E-state index contributed by atoms with van der Waals surface area (Å²) in [6, 6.07) is 0.212. The van der Waals surface area contributed by atoms with Gasteiger partial charge in [0.2, 0.25) is 16.5 Å². The summed E-state index contributed by atoms with van der Waals surface area (Å²) in [6.45, 7) is 9.26. The van der Waals surface area contributed by atoms with Crippen LogP contribution in [0.15, 0.2) is 0 Å². The fraction of sp³-hybridized carbons (Fsp3) is 0.700. The Kier molecular flexibility index (Phi) is 5.88. The lowest BCUT2D eigenvalue weighted by Crippen LogP contribution is -2.35. The summed E-state index contributed by atoms with van der Waals surface area (Å²) in [5.74, 6) is 0.412. The second-order valence-electron chi connectivity index (χ2n) is 3.73. The zero-order valence-electron chi connectivity index (χ0n) is 10.2. The molecule has 0 aromatic carbocycles. The average Bonchev–Trinajstić information content (AvgIpc) is 2.24. The lowest BCUT2D eigenvalue weighted by atomic mass is 10.3. The number of rotatable bonds is 6. The standard InChI is InChI=1S/C10H17Cl2N5/c1-4-17(5-2)6-7(3)13-10-15-8(11)14-9(12)16-10/h7H,4-6H2,1-3H3,(H,13,14,15,16). The van der Waals surface area contributed by atoms with E-state index in [1.807, 2.05) is 0 Å². The molecule has 1 rings (SSSR count). The van der Waals surface area contributed by atoms with Gasteiger partial charge in [0.1, 0.15) is 0 Å². The highest BCUT2D eigenvalue weighted by molar-refractivity contribution is 6.31. The third kappa shape index (κ3) is 5.02. The molecule has 1 atom stereocenters. The van der Waals surface area contributed by atoms with E-state index in [9.17, 15) is 0 Å². The molecular formula is C10H17Cl2N5. The summed E-state index contributed by atoms with van der Waals surface area (Å²) in [5, 5.41) is 3.35. The molecule has 0 bridgehead atoms. The topological polar surface area (TPSA) is 53.9 Å². The largest absolute Gasteiger partial charge is 0.350 e. The number of aromatic nitrogens is 3. The van der Waals surface area contributed by atoms with Crippen LogP contribution in [0.4, 0.5) is 5.95 Å². The molecule has 0 saturated carbocycles. The van der Waals surface area contributed by atoms with Gasteiger partial charge in [0, 0.05) is 12.6 Å². The van der Waals surface area contributed by atoms with Crippen LogP contribution in [0.3, 0.4) is 0 Å². The van der Waals surface area contributed by atoms with E-state index < -0.39 is 0 Å². The Hall–Kier alpha value is -0.650. The number of likely N-dealkylation sites (N-methyl/N-ethyl adjacent to an activating group) is 1. The van der Waals surface area contributed by atoms with E-state index in [1.54, 1.807) is 0 Å². The fourth-order valence-electron chi connectivity index (χ4n) is 1.53. The Bertz CT molecular complexity index is 336. The van der Waals surface area contributed by atoms with Gasteiger partial charge in [0.25, 0.3) is 0 Å². The first kappa shape index (κ1) is 14.4. The summed E-state index contributed by atoms with van der Waals surface area (Å²) in [5.41, 5.74) is 0. The molecule has 0 saturated heterocycles. The van der Waals surface area contributed by atoms with Crippen molar-refractivity contribution in [2.24, 2.45) is 0 Å². The first-order valence-corrected chi connectivity index (χ1v) is 6.36. The van der Waals surface area contributed by atoms with Crippen LogP contribution in [-0.4, -0.2) is 45.5 Å². The van der Waals surface area contributed by atoms with Gasteiger partial charge >= 0.3 is 0 Å². The number of nitrogens with zero attached hydrogens (tertiary/aromatic N) is 4. The van der Waals surface area contributed by atoms with Crippen molar-refractivity contribution >= 4 is 29.2 Å². The number of nitrogens with one attached hydrogen (secondary N) is 1. The number of anilines is 1. The van der Waals surface area contributed by atoms with Gasteiger partial charge in [0.05, 0.1) is 0 Å². The van der Waals surface area contributed by atoms with E-state index in [2.05, 4.69) is 45.9 Å². The van der Waals surface area contributed by atoms with Gasteiger partial charge in [-0.1, -0.05) is 13.8 Å². The Labute approximate surface area is 112 Å². The van der Waals surface area contributed by atoms with E-state index in [0.717, 1.165) is 19.6 Å². The summed E-state index contributed by atoms with van der Waals surface area (Å²) >= 11 is 11.4. The minimum Gasteiger partial charge on any atom is -0.350 e. The highest BCUT2D eigenvalue weighted by Crippen LogP contribution is 2.10. The molecule has 0 spiro atoms. The molecule has 1 N–H and O–H groups in total. The monoisotopic (exact) mass is 277 g/mol. The predicted octanol–water partition coefficient (Wildman–Crippen LogP) is 2.32. The van der Waals surface area contributed by atoms with Crippen LogP contribution < -0.4 is 5.32 Å². The molecule has 1 heterocycles. The molecule has 96 valence electrons. The molecule has 17 heavy (non-hydrogen) atoms. The molecular weight excluding hydrogens is 261 g/mol. The van der Waals surface area contributed by atoms with Crippen LogP contribution in [0.5, 0.6) is 0 Å². The molecule has 1 unspecified atom stereocenters. The molecule has 0 radical (unpaired) electrons. The van der Waals surface area contributed by atoms with E-state index in [-0.39, 0.29) is 16.6 Å². The van der Waals surface area contributed by atoms with Crippen LogP contribution in [0.2, 0.25) is 10.6 Å². The molecule has 1 aromatic heterocycles. The third-order valence-electron chi connectivity index (χ3n) is 2.38. The Morgan fingerprint density at radius 3 is 2.12 bits per heavy atom. The normalized spacial score (nSPS) is 12.8. The van der Waals surface area contributed by atoms with E-state index in [4.69, 9.17) is 23.2 Å². The maximum absolute atomic E-state index is 5.70. The summed E-state index contributed by atoms with van der Waals surface area (Å²) in [4.78, 5) is 13.9. The zero-order chi connectivity index (χ0) is 12.8. The van der Waals surface area contributed by atoms with E-state index >= 15 is 0 Å². The highest BCUT2D eigenvalue weighted by Gasteiger charge is 2.09. The first-order chi connectivity index (χ1) is 8.05. The van der Waals surface area contributed by atoms with Crippen LogP contribution in [0.1, 0.15) is 20.8 Å². The molecule has 0 amide bonds. The second kappa shape index (κ2) is 6.93. The highest BCUT2D eigenvalue weighted by atomic mass is 35.5. The number of hydrogen-bond donors (Lipinski definition) is 1. The van der Waals surface area contributed by atoms with Gasteiger partial charge in [-0.05, 0) is 43.2 Å². The van der Waals surface area contributed by atoms with Crippen LogP contribution in [-0.2, 0) is 0 Å². The average molecular weight is 278 g/mol. The summed E-state index contributed by atoms with van der Waals surface area (Å²) < 4.78 is 0. The van der Waals surface area contributed by atoms with Crippen molar-refractivity contribution in [3.8, 4) is 0 Å². The van der Waals surface area contributed by atoms with Crippen molar-refractivity contribution in [3.05, 3.63) is 10.6 Å². The van der Waals surface area contributed by atoms with Crippen LogP contribution >= 0.6 is 23.2 Å². The molecule has 0 fully saturated rings. The Balaban J connectivity index is 2.58. The molecule has 0 aliphatic carbocycles. The molecule has 0 aliphatic rings. The molecule has 0 aliphatic heterocycles. The minimum atomic E-state index is 0.0996. The quantitative estimate of drug-likeness (QED) is 0.865. The van der Waals surface area contributed by atoms with E-state index in [0.29, 0.717) is 5.95 Å². The van der Waals surface area contributed by atoms with Gasteiger partial charge in [0.15, 0.2) is 0 Å². The maximum Gasteiger partial charge on any atom is 0.228 e. The Morgan fingerprint density at radius 1 is 1.12 bits per heavy atom. The van der Waals surface area contributed by atoms with Gasteiger partial charge in [-0.25, -0.2) is 0 Å². The molecule has 5 nitrogen and oxygen atoms in total. The first-order valence-electron chi connectivity index (χ1n) is 5.61. The van der Waals surface area contributed by atoms with Gasteiger partial charge < -0.3 is 10.2 Å². The van der Waals surface area contributed by atoms with E-state index in [1.165, 1.54) is 0 Å². The van der Waals surface area contributed by atoms with Crippen LogP contribution in [0.25, 0.3) is 0 Å². The Morgan fingerprint density at radius 2 is 1.65 bits per heavy atom. The summed E-state index contributed by atoms with van der Waals surface area (Å²) in [7, 11) is 0. The van der Waals surface area contributed by atoms with Crippen molar-refractivity contribution in [3.63, 3.8) is 0 Å². The van der Waals surface area contributed by atoms with Crippen molar-refractivity contribution < 1.29 is 0 Å². The zero-order valence-corrected chi connectivity index (χ0v) is 11.8. The summed E-state index contributed by atoms with van der Waals surface area (Å²) in [6.07, 6.45) is 0.